The molecule has 0 aliphatic carbocycles. The van der Waals surface area contributed by atoms with Crippen LogP contribution in [0.15, 0.2) is 24.3 Å². The summed E-state index contributed by atoms with van der Waals surface area (Å²) in [5.41, 5.74) is 3.26. The van der Waals surface area contributed by atoms with Gasteiger partial charge >= 0.3 is 6.03 Å². The summed E-state index contributed by atoms with van der Waals surface area (Å²) in [6.45, 7) is 9.46. The van der Waals surface area contributed by atoms with Crippen LogP contribution in [0.1, 0.15) is 31.5 Å². The van der Waals surface area contributed by atoms with Crippen molar-refractivity contribution in [3.63, 3.8) is 0 Å². The van der Waals surface area contributed by atoms with Crippen molar-refractivity contribution in [3.8, 4) is 17.0 Å². The molecule has 3 heterocycles. The van der Waals surface area contributed by atoms with Crippen molar-refractivity contribution in [2.75, 3.05) is 26.2 Å². The molecule has 0 saturated carbocycles. The zero-order chi connectivity index (χ0) is 22.8. The molecule has 2 aromatic heterocycles. The van der Waals surface area contributed by atoms with Crippen LogP contribution in [0.5, 0.6) is 5.75 Å². The van der Waals surface area contributed by atoms with E-state index >= 15 is 0 Å². The highest BCUT2D eigenvalue weighted by Crippen LogP contribution is 2.30. The predicted octanol–water partition coefficient (Wildman–Crippen LogP) is 3.40. The van der Waals surface area contributed by atoms with Crippen LogP contribution in [0, 0.1) is 12.7 Å². The molecular weight excluding hydrogens is 411 g/mol. The molecule has 1 aliphatic heterocycles. The zero-order valence-electron chi connectivity index (χ0n) is 18.7. The van der Waals surface area contributed by atoms with Gasteiger partial charge in [0.2, 0.25) is 0 Å². The number of hydrogen-bond donors (Lipinski definition) is 3. The fourth-order valence-corrected chi connectivity index (χ4v) is 4.44. The second-order valence-electron chi connectivity index (χ2n) is 8.33. The number of pyridine rings is 1. The lowest BCUT2D eigenvalue weighted by Gasteiger charge is -2.29. The number of amides is 2. The number of phenolic OH excluding ortho intramolecular Hbond substituents is 1. The Morgan fingerprint density at radius 3 is 2.91 bits per heavy atom. The smallest absolute Gasteiger partial charge is 0.317 e. The first-order valence-corrected chi connectivity index (χ1v) is 11.0. The normalized spacial score (nSPS) is 17.5. The zero-order valence-corrected chi connectivity index (χ0v) is 18.7. The molecule has 8 nitrogen and oxygen atoms in total. The number of aryl methyl sites for hydroxylation is 1. The number of benzene rings is 1. The SMILES string of the molecule is CCNC(=O)N1CCCN(Cc2cc(-c3ccc(O)cc3F)nc3[nH]nc(C)c23)CC1C. The molecule has 9 heteroatoms. The van der Waals surface area contributed by atoms with Crippen LogP contribution in [0.2, 0.25) is 0 Å². The molecule has 0 radical (unpaired) electrons. The van der Waals surface area contributed by atoms with Crippen molar-refractivity contribution in [3.05, 3.63) is 41.3 Å². The molecule has 3 N–H and O–H groups in total. The van der Waals surface area contributed by atoms with Gasteiger partial charge in [-0.1, -0.05) is 0 Å². The Hall–Kier alpha value is -3.20. The average Bonchev–Trinajstić information content (AvgIpc) is 3.01. The number of nitrogens with one attached hydrogen (secondary N) is 2. The second-order valence-corrected chi connectivity index (χ2v) is 8.33. The molecule has 4 rings (SSSR count). The number of H-pyrrole nitrogens is 1. The quantitative estimate of drug-likeness (QED) is 0.578. The number of aromatic amines is 1. The summed E-state index contributed by atoms with van der Waals surface area (Å²) in [6, 6.07) is 6.02. The standard InChI is InChI=1S/C23H29FN6O2/c1-4-25-23(32)30-9-5-8-29(12-14(30)2)13-16-10-20(18-7-6-17(31)11-19(18)24)26-22-21(16)15(3)27-28-22/h6-7,10-11,14,31H,4-5,8-9,12-13H2,1-3H3,(H,25,32)(H,26,27,28). The topological polar surface area (TPSA) is 97.4 Å². The van der Waals surface area contributed by atoms with Crippen LogP contribution in [-0.4, -0.2) is 68.3 Å². The van der Waals surface area contributed by atoms with E-state index in [2.05, 4.69) is 32.3 Å². The Kier molecular flexibility index (Phi) is 6.27. The Morgan fingerprint density at radius 2 is 2.16 bits per heavy atom. The number of phenols is 1. The van der Waals surface area contributed by atoms with E-state index in [1.54, 1.807) is 0 Å². The summed E-state index contributed by atoms with van der Waals surface area (Å²) in [7, 11) is 0. The number of rotatable bonds is 4. The van der Waals surface area contributed by atoms with Gasteiger partial charge in [-0.05, 0) is 51.0 Å². The number of aromatic nitrogens is 3. The van der Waals surface area contributed by atoms with Crippen LogP contribution in [-0.2, 0) is 6.54 Å². The molecule has 1 saturated heterocycles. The summed E-state index contributed by atoms with van der Waals surface area (Å²) in [5, 5.41) is 20.7. The van der Waals surface area contributed by atoms with Gasteiger partial charge in [-0.15, -0.1) is 0 Å². The molecular formula is C23H29FN6O2. The maximum Gasteiger partial charge on any atom is 0.317 e. The third-order valence-electron chi connectivity index (χ3n) is 5.93. The lowest BCUT2D eigenvalue weighted by Crippen LogP contribution is -2.47. The van der Waals surface area contributed by atoms with E-state index in [4.69, 9.17) is 0 Å². The summed E-state index contributed by atoms with van der Waals surface area (Å²) < 4.78 is 14.5. The van der Waals surface area contributed by atoms with Gasteiger partial charge in [0.25, 0.3) is 0 Å². The summed E-state index contributed by atoms with van der Waals surface area (Å²) in [4.78, 5) is 21.2. The van der Waals surface area contributed by atoms with Gasteiger partial charge in [0.15, 0.2) is 5.65 Å². The van der Waals surface area contributed by atoms with Crippen molar-refractivity contribution >= 4 is 17.1 Å². The minimum Gasteiger partial charge on any atom is -0.508 e. The maximum atomic E-state index is 14.5. The Balaban J connectivity index is 1.65. The van der Waals surface area contributed by atoms with Crippen molar-refractivity contribution in [2.45, 2.75) is 39.8 Å². The lowest BCUT2D eigenvalue weighted by atomic mass is 10.0. The molecule has 1 unspecified atom stereocenters. The highest BCUT2D eigenvalue weighted by molar-refractivity contribution is 5.84. The van der Waals surface area contributed by atoms with Crippen LogP contribution in [0.4, 0.5) is 9.18 Å². The summed E-state index contributed by atoms with van der Waals surface area (Å²) >= 11 is 0. The van der Waals surface area contributed by atoms with E-state index in [0.717, 1.165) is 42.2 Å². The third-order valence-corrected chi connectivity index (χ3v) is 5.93. The molecule has 1 aliphatic rings. The first-order valence-electron chi connectivity index (χ1n) is 11.0. The van der Waals surface area contributed by atoms with Gasteiger partial charge < -0.3 is 15.3 Å². The minimum absolute atomic E-state index is 0.0241. The summed E-state index contributed by atoms with van der Waals surface area (Å²) in [5.74, 6) is -0.653. The van der Waals surface area contributed by atoms with Crippen molar-refractivity contribution in [1.82, 2.24) is 30.3 Å². The number of halogens is 1. The molecule has 1 aromatic carbocycles. The number of urea groups is 1. The van der Waals surface area contributed by atoms with E-state index in [9.17, 15) is 14.3 Å². The van der Waals surface area contributed by atoms with E-state index in [1.807, 2.05) is 24.8 Å². The number of nitrogens with zero attached hydrogens (tertiary/aromatic N) is 4. The molecule has 170 valence electrons. The van der Waals surface area contributed by atoms with Crippen LogP contribution in [0.25, 0.3) is 22.3 Å². The Labute approximate surface area is 186 Å². The van der Waals surface area contributed by atoms with E-state index < -0.39 is 5.82 Å². The monoisotopic (exact) mass is 440 g/mol. The average molecular weight is 441 g/mol. The molecule has 1 fully saturated rings. The van der Waals surface area contributed by atoms with Gasteiger partial charge in [0.1, 0.15) is 11.6 Å². The maximum absolute atomic E-state index is 14.5. The van der Waals surface area contributed by atoms with Crippen LogP contribution in [0.3, 0.4) is 0 Å². The molecule has 2 amide bonds. The van der Waals surface area contributed by atoms with E-state index in [1.165, 1.54) is 12.1 Å². The fourth-order valence-electron chi connectivity index (χ4n) is 4.44. The number of aromatic hydroxyl groups is 1. The number of fused-ring (bicyclic) bond motifs is 1. The van der Waals surface area contributed by atoms with Crippen LogP contribution < -0.4 is 5.32 Å². The third kappa shape index (κ3) is 4.38. The molecule has 3 aromatic rings. The van der Waals surface area contributed by atoms with Gasteiger partial charge in [0.05, 0.1) is 11.4 Å². The fraction of sp³-hybridized carbons (Fsp3) is 0.435. The molecule has 32 heavy (non-hydrogen) atoms. The Morgan fingerprint density at radius 1 is 1.34 bits per heavy atom. The van der Waals surface area contributed by atoms with Gasteiger partial charge in [-0.2, -0.15) is 5.10 Å². The largest absolute Gasteiger partial charge is 0.508 e. The van der Waals surface area contributed by atoms with Crippen molar-refractivity contribution < 1.29 is 14.3 Å². The second kappa shape index (κ2) is 9.12. The minimum atomic E-state index is -0.528. The number of hydrogen-bond acceptors (Lipinski definition) is 5. The predicted molar refractivity (Wildman–Crippen MR) is 121 cm³/mol. The number of carbonyl (C=O) groups is 1. The highest BCUT2D eigenvalue weighted by atomic mass is 19.1. The highest BCUT2D eigenvalue weighted by Gasteiger charge is 2.26. The van der Waals surface area contributed by atoms with Crippen molar-refractivity contribution in [1.29, 1.82) is 0 Å². The first-order chi connectivity index (χ1) is 15.4. The molecule has 0 bridgehead atoms. The van der Waals surface area contributed by atoms with Crippen LogP contribution >= 0.6 is 0 Å². The number of carbonyl (C=O) groups excluding carboxylic acids is 1. The van der Waals surface area contributed by atoms with Gasteiger partial charge in [0, 0.05) is 55.8 Å². The summed E-state index contributed by atoms with van der Waals surface area (Å²) in [6.07, 6.45) is 0.875. The Bertz CT molecular complexity index is 1130. The van der Waals surface area contributed by atoms with Gasteiger partial charge in [-0.25, -0.2) is 14.2 Å². The van der Waals surface area contributed by atoms with Crippen molar-refractivity contribution in [2.24, 2.45) is 0 Å². The van der Waals surface area contributed by atoms with E-state index in [-0.39, 0.29) is 17.8 Å². The lowest BCUT2D eigenvalue weighted by molar-refractivity contribution is 0.173. The van der Waals surface area contributed by atoms with E-state index in [0.29, 0.717) is 36.5 Å². The molecule has 1 atom stereocenters. The molecule has 0 spiro atoms. The van der Waals surface area contributed by atoms with Gasteiger partial charge in [-0.3, -0.25) is 10.00 Å². The first kappa shape index (κ1) is 22.0.